The monoisotopic (exact) mass is 234 g/mol. The van der Waals surface area contributed by atoms with Crippen LogP contribution < -0.4 is 5.32 Å². The van der Waals surface area contributed by atoms with E-state index in [1.54, 1.807) is 0 Å². The largest absolute Gasteiger partial charge is 0.388 e. The van der Waals surface area contributed by atoms with E-state index in [1.807, 2.05) is 19.3 Å². The molecule has 1 saturated carbocycles. The quantitative estimate of drug-likeness (QED) is 0.811. The molecular formula is C14H22N2O. The molecule has 0 radical (unpaired) electrons. The molecule has 0 unspecified atom stereocenters. The molecule has 3 heteroatoms. The lowest BCUT2D eigenvalue weighted by Crippen LogP contribution is -2.12. The van der Waals surface area contributed by atoms with Crippen LogP contribution in [0.5, 0.6) is 0 Å². The summed E-state index contributed by atoms with van der Waals surface area (Å²) in [5.41, 5.74) is 2.11. The highest BCUT2D eigenvalue weighted by Crippen LogP contribution is 2.20. The fourth-order valence-corrected chi connectivity index (χ4v) is 2.32. The first-order chi connectivity index (χ1) is 8.38. The summed E-state index contributed by atoms with van der Waals surface area (Å²) in [5, 5.41) is 3.12. The first-order valence-electron chi connectivity index (χ1n) is 6.63. The number of nitrogens with zero attached hydrogens (tertiary/aromatic N) is 1. The number of hydrogen-bond donors (Lipinski definition) is 1. The summed E-state index contributed by atoms with van der Waals surface area (Å²) in [6.45, 7) is 0.639. The highest BCUT2D eigenvalue weighted by molar-refractivity contribution is 5.42. The molecule has 0 amide bonds. The van der Waals surface area contributed by atoms with E-state index in [0.717, 1.165) is 11.4 Å². The molecule has 3 nitrogen and oxygen atoms in total. The number of aromatic nitrogens is 1. The number of hydrogen-bond acceptors (Lipinski definition) is 3. The van der Waals surface area contributed by atoms with E-state index >= 15 is 0 Å². The van der Waals surface area contributed by atoms with E-state index in [0.29, 0.717) is 12.7 Å². The summed E-state index contributed by atoms with van der Waals surface area (Å²) in [6, 6.07) is 4.02. The second-order valence-electron chi connectivity index (χ2n) is 4.71. The molecule has 0 atom stereocenters. The van der Waals surface area contributed by atoms with Gasteiger partial charge in [-0.1, -0.05) is 25.7 Å². The van der Waals surface area contributed by atoms with Crippen molar-refractivity contribution in [2.75, 3.05) is 12.4 Å². The second-order valence-corrected chi connectivity index (χ2v) is 4.71. The zero-order valence-electron chi connectivity index (χ0n) is 10.6. The fraction of sp³-hybridized carbons (Fsp3) is 0.643. The average Bonchev–Trinajstić information content (AvgIpc) is 2.65. The van der Waals surface area contributed by atoms with Gasteiger partial charge in [0.15, 0.2) is 0 Å². The highest BCUT2D eigenvalue weighted by atomic mass is 16.5. The van der Waals surface area contributed by atoms with Crippen molar-refractivity contribution in [3.8, 4) is 0 Å². The van der Waals surface area contributed by atoms with Crippen LogP contribution in [0.15, 0.2) is 18.3 Å². The Labute approximate surface area is 104 Å². The van der Waals surface area contributed by atoms with Crippen molar-refractivity contribution in [1.82, 2.24) is 4.98 Å². The number of pyridine rings is 1. The van der Waals surface area contributed by atoms with Crippen LogP contribution in [-0.2, 0) is 11.3 Å². The molecule has 0 bridgehead atoms. The Bertz CT molecular complexity index is 333. The zero-order valence-corrected chi connectivity index (χ0v) is 10.6. The van der Waals surface area contributed by atoms with Gasteiger partial charge in [-0.3, -0.25) is 4.98 Å². The highest BCUT2D eigenvalue weighted by Gasteiger charge is 2.12. The zero-order chi connectivity index (χ0) is 11.9. The number of anilines is 1. The number of rotatable bonds is 4. The summed E-state index contributed by atoms with van der Waals surface area (Å²) < 4.78 is 5.96. The van der Waals surface area contributed by atoms with Gasteiger partial charge in [0.1, 0.15) is 0 Å². The van der Waals surface area contributed by atoms with Crippen LogP contribution in [0.4, 0.5) is 5.69 Å². The van der Waals surface area contributed by atoms with Crippen LogP contribution in [0.25, 0.3) is 0 Å². The smallest absolute Gasteiger partial charge is 0.0892 e. The SMILES string of the molecule is CNc1ccnc(COC2CCCCCC2)c1. The van der Waals surface area contributed by atoms with Crippen molar-refractivity contribution >= 4 is 5.69 Å². The van der Waals surface area contributed by atoms with Crippen LogP contribution in [0, 0.1) is 0 Å². The lowest BCUT2D eigenvalue weighted by atomic mass is 10.1. The van der Waals surface area contributed by atoms with E-state index in [1.165, 1.54) is 38.5 Å². The maximum Gasteiger partial charge on any atom is 0.0892 e. The molecule has 1 aliphatic rings. The van der Waals surface area contributed by atoms with E-state index in [4.69, 9.17) is 4.74 Å². The molecule has 0 saturated heterocycles. The standard InChI is InChI=1S/C14H22N2O/c1-15-12-8-9-16-13(10-12)11-17-14-6-4-2-3-5-7-14/h8-10,14H,2-7,11H2,1H3,(H,15,16). The molecule has 1 heterocycles. The summed E-state index contributed by atoms with van der Waals surface area (Å²) in [7, 11) is 1.92. The van der Waals surface area contributed by atoms with Gasteiger partial charge in [0.25, 0.3) is 0 Å². The van der Waals surface area contributed by atoms with Crippen LogP contribution in [-0.4, -0.2) is 18.1 Å². The predicted octanol–water partition coefficient (Wildman–Crippen LogP) is 3.36. The third-order valence-corrected chi connectivity index (χ3v) is 3.37. The molecule has 0 aliphatic heterocycles. The third kappa shape index (κ3) is 4.00. The molecule has 17 heavy (non-hydrogen) atoms. The Morgan fingerprint density at radius 3 is 2.76 bits per heavy atom. The minimum absolute atomic E-state index is 0.442. The van der Waals surface area contributed by atoms with Gasteiger partial charge in [-0.2, -0.15) is 0 Å². The maximum absolute atomic E-state index is 5.96. The normalized spacial score (nSPS) is 17.7. The lowest BCUT2D eigenvalue weighted by molar-refractivity contribution is 0.0292. The fourth-order valence-electron chi connectivity index (χ4n) is 2.32. The number of nitrogens with one attached hydrogen (secondary N) is 1. The lowest BCUT2D eigenvalue weighted by Gasteiger charge is -2.15. The molecule has 1 fully saturated rings. The van der Waals surface area contributed by atoms with Crippen molar-refractivity contribution in [1.29, 1.82) is 0 Å². The van der Waals surface area contributed by atoms with Crippen LogP contribution in [0.2, 0.25) is 0 Å². The molecule has 0 aromatic carbocycles. The number of ether oxygens (including phenoxy) is 1. The minimum Gasteiger partial charge on any atom is -0.388 e. The summed E-state index contributed by atoms with van der Waals surface area (Å²) in [5.74, 6) is 0. The Kier molecular flexibility index (Phi) is 4.80. The van der Waals surface area contributed by atoms with Crippen molar-refractivity contribution in [2.45, 2.75) is 51.2 Å². The molecule has 1 aromatic rings. The topological polar surface area (TPSA) is 34.2 Å². The van der Waals surface area contributed by atoms with E-state index in [9.17, 15) is 0 Å². The van der Waals surface area contributed by atoms with Crippen molar-refractivity contribution in [3.63, 3.8) is 0 Å². The minimum atomic E-state index is 0.442. The Morgan fingerprint density at radius 1 is 1.29 bits per heavy atom. The first kappa shape index (κ1) is 12.4. The molecule has 1 aliphatic carbocycles. The predicted molar refractivity (Wildman–Crippen MR) is 70.1 cm³/mol. The van der Waals surface area contributed by atoms with E-state index < -0.39 is 0 Å². The summed E-state index contributed by atoms with van der Waals surface area (Å²) >= 11 is 0. The molecule has 1 aromatic heterocycles. The summed E-state index contributed by atoms with van der Waals surface area (Å²) in [6.07, 6.45) is 10.1. The van der Waals surface area contributed by atoms with Gasteiger partial charge in [-0.15, -0.1) is 0 Å². The van der Waals surface area contributed by atoms with Gasteiger partial charge in [0.05, 0.1) is 18.4 Å². The Hall–Kier alpha value is -1.09. The molecule has 1 N–H and O–H groups in total. The van der Waals surface area contributed by atoms with Gasteiger partial charge in [-0.25, -0.2) is 0 Å². The average molecular weight is 234 g/mol. The Morgan fingerprint density at radius 2 is 2.06 bits per heavy atom. The van der Waals surface area contributed by atoms with Gasteiger partial charge in [0, 0.05) is 18.9 Å². The second kappa shape index (κ2) is 6.60. The Balaban J connectivity index is 1.83. The van der Waals surface area contributed by atoms with Gasteiger partial charge in [0.2, 0.25) is 0 Å². The molecule has 0 spiro atoms. The van der Waals surface area contributed by atoms with Crippen molar-refractivity contribution in [3.05, 3.63) is 24.0 Å². The van der Waals surface area contributed by atoms with E-state index in [2.05, 4.69) is 16.4 Å². The van der Waals surface area contributed by atoms with E-state index in [-0.39, 0.29) is 0 Å². The van der Waals surface area contributed by atoms with Gasteiger partial charge < -0.3 is 10.1 Å². The molecule has 2 rings (SSSR count). The van der Waals surface area contributed by atoms with Gasteiger partial charge in [-0.05, 0) is 25.0 Å². The summed E-state index contributed by atoms with van der Waals surface area (Å²) in [4.78, 5) is 4.33. The van der Waals surface area contributed by atoms with Crippen LogP contribution in [0.3, 0.4) is 0 Å². The molecule has 94 valence electrons. The van der Waals surface area contributed by atoms with Crippen LogP contribution >= 0.6 is 0 Å². The first-order valence-corrected chi connectivity index (χ1v) is 6.63. The third-order valence-electron chi connectivity index (χ3n) is 3.37. The van der Waals surface area contributed by atoms with Gasteiger partial charge >= 0.3 is 0 Å². The molecular weight excluding hydrogens is 212 g/mol. The maximum atomic E-state index is 5.96. The van der Waals surface area contributed by atoms with Crippen molar-refractivity contribution < 1.29 is 4.74 Å². The van der Waals surface area contributed by atoms with Crippen molar-refractivity contribution in [2.24, 2.45) is 0 Å². The van der Waals surface area contributed by atoms with Crippen LogP contribution in [0.1, 0.15) is 44.2 Å².